The summed E-state index contributed by atoms with van der Waals surface area (Å²) in [6, 6.07) is 62.8. The van der Waals surface area contributed by atoms with Crippen molar-refractivity contribution < 1.29 is 0 Å². The van der Waals surface area contributed by atoms with E-state index >= 15 is 0 Å². The topological polar surface area (TPSA) is 30.7 Å². The van der Waals surface area contributed by atoms with E-state index in [9.17, 15) is 0 Å². The van der Waals surface area contributed by atoms with Crippen LogP contribution in [0.4, 0.5) is 0 Å². The van der Waals surface area contributed by atoms with Crippen molar-refractivity contribution in [3.8, 4) is 61.8 Å². The molecule has 1 aliphatic rings. The van der Waals surface area contributed by atoms with Crippen LogP contribution in [0.1, 0.15) is 25.0 Å². The van der Waals surface area contributed by atoms with Gasteiger partial charge < -0.3 is 4.57 Å². The molecule has 0 fully saturated rings. The molecule has 0 saturated carbocycles. The van der Waals surface area contributed by atoms with Crippen molar-refractivity contribution in [1.29, 1.82) is 0 Å². The summed E-state index contributed by atoms with van der Waals surface area (Å²) in [7, 11) is 0. The summed E-state index contributed by atoms with van der Waals surface area (Å²) in [5.74, 6) is 0.707. The van der Waals surface area contributed by atoms with Crippen LogP contribution in [-0.2, 0) is 5.41 Å². The van der Waals surface area contributed by atoms with Crippen molar-refractivity contribution >= 4 is 21.8 Å². The molecule has 0 amide bonds. The Morgan fingerprint density at radius 1 is 0.423 bits per heavy atom. The van der Waals surface area contributed by atoms with Crippen LogP contribution in [0.25, 0.3) is 83.6 Å². The highest BCUT2D eigenvalue weighted by atomic mass is 15.0. The first-order valence-corrected chi connectivity index (χ1v) is 17.9. The molecule has 0 radical (unpaired) electrons. The fourth-order valence-corrected chi connectivity index (χ4v) is 8.30. The van der Waals surface area contributed by atoms with Crippen LogP contribution in [0.2, 0.25) is 0 Å². The minimum Gasteiger partial charge on any atom is -0.309 e. The van der Waals surface area contributed by atoms with Crippen LogP contribution >= 0.6 is 0 Å². The van der Waals surface area contributed by atoms with Gasteiger partial charge in [0.05, 0.1) is 22.4 Å². The van der Waals surface area contributed by atoms with Gasteiger partial charge in [0.15, 0.2) is 5.82 Å². The van der Waals surface area contributed by atoms with Gasteiger partial charge in [-0.2, -0.15) is 0 Å². The SMILES string of the molecule is CC1(C)c2ccccc2-c2cc3c4ccccc4n(-c4cccc(-c5c(-c6ccccc6)nc(-c6ccccc6)nc5-c5ccccc5)c4)c3cc21. The molecule has 0 unspecified atom stereocenters. The normalized spacial score (nSPS) is 13.0. The molecule has 0 N–H and O–H groups in total. The first-order chi connectivity index (χ1) is 25.6. The van der Waals surface area contributed by atoms with E-state index in [4.69, 9.17) is 9.97 Å². The number of benzene rings is 7. The molecule has 3 heteroatoms. The molecule has 0 bridgehead atoms. The van der Waals surface area contributed by atoms with Gasteiger partial charge in [0.2, 0.25) is 0 Å². The number of aromatic nitrogens is 3. The lowest BCUT2D eigenvalue weighted by atomic mass is 9.82. The van der Waals surface area contributed by atoms with Gasteiger partial charge in [0.1, 0.15) is 0 Å². The zero-order chi connectivity index (χ0) is 34.8. The lowest BCUT2D eigenvalue weighted by molar-refractivity contribution is 0.661. The highest BCUT2D eigenvalue weighted by Gasteiger charge is 2.36. The van der Waals surface area contributed by atoms with E-state index in [1.165, 1.54) is 44.1 Å². The maximum atomic E-state index is 5.33. The summed E-state index contributed by atoms with van der Waals surface area (Å²) in [6.07, 6.45) is 0. The highest BCUT2D eigenvalue weighted by molar-refractivity contribution is 6.11. The number of rotatable bonds is 5. The van der Waals surface area contributed by atoms with E-state index in [0.717, 1.165) is 44.9 Å². The van der Waals surface area contributed by atoms with Gasteiger partial charge in [0, 0.05) is 44.1 Å². The summed E-state index contributed by atoms with van der Waals surface area (Å²) < 4.78 is 2.44. The van der Waals surface area contributed by atoms with Crippen LogP contribution in [0.5, 0.6) is 0 Å². The molecule has 2 aromatic heterocycles. The van der Waals surface area contributed by atoms with Gasteiger partial charge in [-0.25, -0.2) is 9.97 Å². The molecule has 9 aromatic rings. The van der Waals surface area contributed by atoms with E-state index < -0.39 is 0 Å². The fourth-order valence-electron chi connectivity index (χ4n) is 8.30. The second-order valence-corrected chi connectivity index (χ2v) is 14.2. The van der Waals surface area contributed by atoms with Crippen molar-refractivity contribution in [2.24, 2.45) is 0 Å². The second kappa shape index (κ2) is 11.8. The average Bonchev–Trinajstić information content (AvgIpc) is 3.65. The number of hydrogen-bond donors (Lipinski definition) is 0. The molecular formula is C49H35N3. The Morgan fingerprint density at radius 2 is 1.00 bits per heavy atom. The van der Waals surface area contributed by atoms with E-state index in [2.05, 4.69) is 176 Å². The minimum absolute atomic E-state index is 0.101. The highest BCUT2D eigenvalue weighted by Crippen LogP contribution is 2.51. The van der Waals surface area contributed by atoms with Gasteiger partial charge in [-0.3, -0.25) is 0 Å². The first-order valence-electron chi connectivity index (χ1n) is 17.9. The van der Waals surface area contributed by atoms with E-state index in [1.807, 2.05) is 18.2 Å². The third-order valence-corrected chi connectivity index (χ3v) is 10.8. The molecule has 10 rings (SSSR count). The summed E-state index contributed by atoms with van der Waals surface area (Å²) in [6.45, 7) is 4.71. The zero-order valence-electron chi connectivity index (χ0n) is 29.1. The molecule has 52 heavy (non-hydrogen) atoms. The van der Waals surface area contributed by atoms with E-state index in [-0.39, 0.29) is 5.41 Å². The molecule has 0 aliphatic heterocycles. The van der Waals surface area contributed by atoms with E-state index in [1.54, 1.807) is 0 Å². The number of nitrogens with zero attached hydrogens (tertiary/aromatic N) is 3. The Bertz CT molecular complexity index is 2740. The summed E-state index contributed by atoms with van der Waals surface area (Å²) in [4.78, 5) is 10.7. The predicted octanol–water partition coefficient (Wildman–Crippen LogP) is 12.5. The molecule has 7 aromatic carbocycles. The van der Waals surface area contributed by atoms with Crippen molar-refractivity contribution in [3.63, 3.8) is 0 Å². The van der Waals surface area contributed by atoms with Gasteiger partial charge in [-0.05, 0) is 58.1 Å². The summed E-state index contributed by atoms with van der Waals surface area (Å²) in [5.41, 5.74) is 15.8. The Morgan fingerprint density at radius 3 is 1.69 bits per heavy atom. The van der Waals surface area contributed by atoms with Gasteiger partial charge in [-0.1, -0.05) is 159 Å². The molecule has 0 spiro atoms. The van der Waals surface area contributed by atoms with Crippen LogP contribution in [-0.4, -0.2) is 14.5 Å². The fraction of sp³-hybridized carbons (Fsp3) is 0.0612. The third kappa shape index (κ3) is 4.66. The number of hydrogen-bond acceptors (Lipinski definition) is 2. The van der Waals surface area contributed by atoms with Crippen LogP contribution in [0.3, 0.4) is 0 Å². The van der Waals surface area contributed by atoms with Gasteiger partial charge >= 0.3 is 0 Å². The Labute approximate surface area is 303 Å². The maximum absolute atomic E-state index is 5.33. The Balaban J connectivity index is 1.25. The molecule has 3 nitrogen and oxygen atoms in total. The molecule has 0 atom stereocenters. The molecule has 246 valence electrons. The van der Waals surface area contributed by atoms with E-state index in [0.29, 0.717) is 5.82 Å². The first kappa shape index (κ1) is 30.3. The number of fused-ring (bicyclic) bond motifs is 6. The van der Waals surface area contributed by atoms with Gasteiger partial charge in [-0.15, -0.1) is 0 Å². The average molecular weight is 666 g/mol. The van der Waals surface area contributed by atoms with Gasteiger partial charge in [0.25, 0.3) is 0 Å². The quantitative estimate of drug-likeness (QED) is 0.183. The summed E-state index contributed by atoms with van der Waals surface area (Å²) >= 11 is 0. The van der Waals surface area contributed by atoms with Crippen LogP contribution in [0, 0.1) is 0 Å². The standard InChI is InChI=1S/C49H35N3/c1-49(2)41-27-14-12-25-37(41)39-30-40-38-26-13-15-28-43(38)52(44(40)31-42(39)49)36-24-16-23-35(29-36)45-46(32-17-6-3-7-18-32)50-48(34-21-10-5-11-22-34)51-47(45)33-19-8-4-9-20-33/h3-31H,1-2H3. The maximum Gasteiger partial charge on any atom is 0.160 e. The molecule has 0 saturated heterocycles. The van der Waals surface area contributed by atoms with Crippen molar-refractivity contribution in [2.45, 2.75) is 19.3 Å². The molecule has 2 heterocycles. The monoisotopic (exact) mass is 665 g/mol. The third-order valence-electron chi connectivity index (χ3n) is 10.8. The molecular weight excluding hydrogens is 631 g/mol. The predicted molar refractivity (Wildman–Crippen MR) is 216 cm³/mol. The summed E-state index contributed by atoms with van der Waals surface area (Å²) in [5, 5.41) is 2.51. The lowest BCUT2D eigenvalue weighted by Gasteiger charge is -2.22. The Hall–Kier alpha value is -6.58. The Kier molecular flexibility index (Phi) is 6.84. The second-order valence-electron chi connectivity index (χ2n) is 14.2. The van der Waals surface area contributed by atoms with Crippen LogP contribution < -0.4 is 0 Å². The minimum atomic E-state index is -0.101. The molecule has 1 aliphatic carbocycles. The van der Waals surface area contributed by atoms with Crippen molar-refractivity contribution in [3.05, 3.63) is 187 Å². The largest absolute Gasteiger partial charge is 0.309 e. The van der Waals surface area contributed by atoms with Crippen LogP contribution in [0.15, 0.2) is 176 Å². The van der Waals surface area contributed by atoms with Crippen molar-refractivity contribution in [1.82, 2.24) is 14.5 Å². The van der Waals surface area contributed by atoms with Crippen molar-refractivity contribution in [2.75, 3.05) is 0 Å². The number of para-hydroxylation sites is 1. The lowest BCUT2D eigenvalue weighted by Crippen LogP contribution is -2.14. The zero-order valence-corrected chi connectivity index (χ0v) is 29.1. The smallest absolute Gasteiger partial charge is 0.160 e.